The third-order valence-electron chi connectivity index (χ3n) is 1.89. The average Bonchev–Trinajstić information content (AvgIpc) is 2.21. The van der Waals surface area contributed by atoms with Crippen LogP contribution in [0, 0.1) is 5.82 Å². The Labute approximate surface area is 85.8 Å². The van der Waals surface area contributed by atoms with E-state index < -0.39 is 25.0 Å². The molecule has 1 atom stereocenters. The van der Waals surface area contributed by atoms with Crippen molar-refractivity contribution in [1.82, 2.24) is 0 Å². The van der Waals surface area contributed by atoms with Gasteiger partial charge >= 0.3 is 0 Å². The second kappa shape index (κ2) is 5.72. The molecule has 2 nitrogen and oxygen atoms in total. The summed E-state index contributed by atoms with van der Waals surface area (Å²) in [5, 5.41) is 0. The van der Waals surface area contributed by atoms with Crippen LogP contribution in [-0.4, -0.2) is 19.6 Å². The van der Waals surface area contributed by atoms with Crippen LogP contribution in [0.4, 0.5) is 13.2 Å². The zero-order valence-electron chi connectivity index (χ0n) is 8.00. The molecule has 0 saturated carbocycles. The fourth-order valence-electron chi connectivity index (χ4n) is 1.21. The Kier molecular flexibility index (Phi) is 4.58. The van der Waals surface area contributed by atoms with Gasteiger partial charge in [0.1, 0.15) is 12.4 Å². The van der Waals surface area contributed by atoms with Crippen molar-refractivity contribution < 1.29 is 17.9 Å². The Balaban J connectivity index is 2.70. The highest BCUT2D eigenvalue weighted by molar-refractivity contribution is 5.20. The fraction of sp³-hybridized carbons (Fsp3) is 0.400. The molecule has 0 bridgehead atoms. The molecule has 1 aromatic carbocycles. The molecule has 1 aromatic rings. The molecule has 1 rings (SSSR count). The van der Waals surface area contributed by atoms with Crippen molar-refractivity contribution in [1.29, 1.82) is 0 Å². The largest absolute Gasteiger partial charge is 0.366 e. The standard InChI is InChI=1S/C10H12F3NO/c11-8-4-2-1-3-7(8)9(5-14)15-6-10(12)13/h1-4,9-10H,5-6,14H2. The van der Waals surface area contributed by atoms with Crippen molar-refractivity contribution in [3.63, 3.8) is 0 Å². The van der Waals surface area contributed by atoms with Gasteiger partial charge in [0, 0.05) is 12.1 Å². The van der Waals surface area contributed by atoms with Gasteiger partial charge in [-0.05, 0) is 6.07 Å². The summed E-state index contributed by atoms with van der Waals surface area (Å²) in [6.07, 6.45) is -3.40. The minimum atomic E-state index is -2.58. The minimum absolute atomic E-state index is 0.0341. The van der Waals surface area contributed by atoms with Crippen LogP contribution in [0.15, 0.2) is 24.3 Å². The molecule has 0 heterocycles. The van der Waals surface area contributed by atoms with Crippen LogP contribution in [0.1, 0.15) is 11.7 Å². The van der Waals surface area contributed by atoms with Gasteiger partial charge in [-0.15, -0.1) is 0 Å². The molecule has 15 heavy (non-hydrogen) atoms. The first-order valence-electron chi connectivity index (χ1n) is 4.49. The lowest BCUT2D eigenvalue weighted by atomic mass is 10.1. The smallest absolute Gasteiger partial charge is 0.261 e. The van der Waals surface area contributed by atoms with E-state index in [1.807, 2.05) is 0 Å². The summed E-state index contributed by atoms with van der Waals surface area (Å²) in [5.74, 6) is -0.498. The molecular formula is C10H12F3NO. The number of ether oxygens (including phenoxy) is 1. The molecule has 0 fully saturated rings. The molecule has 0 aliphatic rings. The molecule has 84 valence electrons. The first kappa shape index (κ1) is 12.0. The lowest BCUT2D eigenvalue weighted by Gasteiger charge is -2.16. The predicted octanol–water partition coefficient (Wildman–Crippen LogP) is 2.11. The molecule has 0 radical (unpaired) electrons. The lowest BCUT2D eigenvalue weighted by Crippen LogP contribution is -2.19. The summed E-state index contributed by atoms with van der Waals surface area (Å²) >= 11 is 0. The van der Waals surface area contributed by atoms with Crippen molar-refractivity contribution in [2.24, 2.45) is 5.73 Å². The Morgan fingerprint density at radius 2 is 1.93 bits per heavy atom. The van der Waals surface area contributed by atoms with Gasteiger partial charge < -0.3 is 10.5 Å². The van der Waals surface area contributed by atoms with Crippen molar-refractivity contribution in [3.8, 4) is 0 Å². The van der Waals surface area contributed by atoms with Crippen molar-refractivity contribution in [3.05, 3.63) is 35.6 Å². The van der Waals surface area contributed by atoms with Gasteiger partial charge in [-0.1, -0.05) is 18.2 Å². The van der Waals surface area contributed by atoms with E-state index in [1.165, 1.54) is 18.2 Å². The van der Waals surface area contributed by atoms with E-state index in [0.717, 1.165) is 0 Å². The summed E-state index contributed by atoms with van der Waals surface area (Å²) in [5.41, 5.74) is 5.53. The van der Waals surface area contributed by atoms with E-state index in [1.54, 1.807) is 6.07 Å². The maximum absolute atomic E-state index is 13.2. The number of benzene rings is 1. The number of nitrogens with two attached hydrogens (primary N) is 1. The predicted molar refractivity (Wildman–Crippen MR) is 50.2 cm³/mol. The summed E-state index contributed by atoms with van der Waals surface area (Å²) < 4.78 is 41.8. The minimum Gasteiger partial charge on any atom is -0.366 e. The quantitative estimate of drug-likeness (QED) is 0.823. The van der Waals surface area contributed by atoms with E-state index >= 15 is 0 Å². The van der Waals surface area contributed by atoms with Crippen molar-refractivity contribution in [2.45, 2.75) is 12.5 Å². The molecule has 0 amide bonds. The first-order valence-corrected chi connectivity index (χ1v) is 4.49. The highest BCUT2D eigenvalue weighted by Gasteiger charge is 2.16. The van der Waals surface area contributed by atoms with Gasteiger partial charge in [0.2, 0.25) is 0 Å². The van der Waals surface area contributed by atoms with Gasteiger partial charge in [-0.3, -0.25) is 0 Å². The van der Waals surface area contributed by atoms with Crippen LogP contribution in [0.2, 0.25) is 0 Å². The third-order valence-corrected chi connectivity index (χ3v) is 1.89. The molecule has 1 unspecified atom stereocenters. The molecule has 0 aliphatic heterocycles. The normalized spacial score (nSPS) is 13.1. The highest BCUT2D eigenvalue weighted by Crippen LogP contribution is 2.19. The van der Waals surface area contributed by atoms with Crippen molar-refractivity contribution >= 4 is 0 Å². The van der Waals surface area contributed by atoms with E-state index in [2.05, 4.69) is 0 Å². The summed E-state index contributed by atoms with van der Waals surface area (Å²) in [6, 6.07) is 5.83. The van der Waals surface area contributed by atoms with E-state index in [9.17, 15) is 13.2 Å². The fourth-order valence-corrected chi connectivity index (χ4v) is 1.21. The lowest BCUT2D eigenvalue weighted by molar-refractivity contribution is -0.0228. The van der Waals surface area contributed by atoms with Gasteiger partial charge in [0.15, 0.2) is 0 Å². The molecule has 0 aromatic heterocycles. The maximum atomic E-state index is 13.2. The molecule has 0 saturated heterocycles. The van der Waals surface area contributed by atoms with Crippen LogP contribution < -0.4 is 5.73 Å². The zero-order valence-corrected chi connectivity index (χ0v) is 8.00. The molecule has 0 aliphatic carbocycles. The summed E-state index contributed by atoms with van der Waals surface area (Å²) in [7, 11) is 0. The Hall–Kier alpha value is -1.07. The van der Waals surface area contributed by atoms with Gasteiger partial charge in [0.25, 0.3) is 6.43 Å². The third kappa shape index (κ3) is 3.53. The summed E-state index contributed by atoms with van der Waals surface area (Å²) in [4.78, 5) is 0. The van der Waals surface area contributed by atoms with Crippen LogP contribution in [0.3, 0.4) is 0 Å². The topological polar surface area (TPSA) is 35.2 Å². The maximum Gasteiger partial charge on any atom is 0.261 e. The highest BCUT2D eigenvalue weighted by atomic mass is 19.3. The van der Waals surface area contributed by atoms with E-state index in [-0.39, 0.29) is 12.1 Å². The molecule has 2 N–H and O–H groups in total. The number of alkyl halides is 2. The number of hydrogen-bond donors (Lipinski definition) is 1. The second-order valence-electron chi connectivity index (χ2n) is 2.97. The van der Waals surface area contributed by atoms with Gasteiger partial charge in [-0.2, -0.15) is 0 Å². The number of hydrogen-bond acceptors (Lipinski definition) is 2. The first-order chi connectivity index (χ1) is 7.15. The van der Waals surface area contributed by atoms with E-state index in [0.29, 0.717) is 0 Å². The number of rotatable bonds is 5. The van der Waals surface area contributed by atoms with Gasteiger partial charge in [0.05, 0.1) is 6.10 Å². The van der Waals surface area contributed by atoms with Crippen LogP contribution in [0.25, 0.3) is 0 Å². The Morgan fingerprint density at radius 3 is 2.47 bits per heavy atom. The van der Waals surface area contributed by atoms with Gasteiger partial charge in [-0.25, -0.2) is 13.2 Å². The summed E-state index contributed by atoms with van der Waals surface area (Å²) in [6.45, 7) is -0.774. The Morgan fingerprint density at radius 1 is 1.27 bits per heavy atom. The van der Waals surface area contributed by atoms with Crippen LogP contribution in [-0.2, 0) is 4.74 Å². The monoisotopic (exact) mass is 219 g/mol. The Bertz CT molecular complexity index is 306. The van der Waals surface area contributed by atoms with Crippen LogP contribution in [0.5, 0.6) is 0 Å². The molecule has 5 heteroatoms. The number of halogens is 3. The van der Waals surface area contributed by atoms with Crippen LogP contribution >= 0.6 is 0 Å². The van der Waals surface area contributed by atoms with E-state index in [4.69, 9.17) is 10.5 Å². The second-order valence-corrected chi connectivity index (χ2v) is 2.97. The molecular weight excluding hydrogens is 207 g/mol. The van der Waals surface area contributed by atoms with Crippen molar-refractivity contribution in [2.75, 3.05) is 13.2 Å². The SMILES string of the molecule is NCC(OCC(F)F)c1ccccc1F. The average molecular weight is 219 g/mol. The molecule has 0 spiro atoms. The zero-order chi connectivity index (χ0) is 11.3.